The lowest BCUT2D eigenvalue weighted by atomic mass is 10.2. The summed E-state index contributed by atoms with van der Waals surface area (Å²) in [5.74, 6) is 2.34. The molecule has 0 aliphatic carbocycles. The molecule has 17 heavy (non-hydrogen) atoms. The summed E-state index contributed by atoms with van der Waals surface area (Å²) in [6, 6.07) is 0. The van der Waals surface area contributed by atoms with E-state index >= 15 is 0 Å². The molecule has 0 aliphatic heterocycles. The Kier molecular flexibility index (Phi) is 15.7. The van der Waals surface area contributed by atoms with Crippen molar-refractivity contribution in [2.45, 2.75) is 65.2 Å². The number of allylic oxidation sites excluding steroid dienone is 2. The average Bonchev–Trinajstić information content (AvgIpc) is 2.35. The SMILES string of the molecule is CCCCC/C=C/CSC/C=C/CCCCC. The van der Waals surface area contributed by atoms with Crippen molar-refractivity contribution in [2.24, 2.45) is 0 Å². The van der Waals surface area contributed by atoms with Gasteiger partial charge in [-0.3, -0.25) is 0 Å². The zero-order valence-electron chi connectivity index (χ0n) is 11.8. The summed E-state index contributed by atoms with van der Waals surface area (Å²) >= 11 is 2.01. The Labute approximate surface area is 113 Å². The van der Waals surface area contributed by atoms with Crippen LogP contribution in [0.5, 0.6) is 0 Å². The number of hydrogen-bond donors (Lipinski definition) is 0. The Morgan fingerprint density at radius 3 is 1.53 bits per heavy atom. The Bertz CT molecular complexity index is 162. The van der Waals surface area contributed by atoms with E-state index in [0.717, 1.165) is 0 Å². The van der Waals surface area contributed by atoms with Gasteiger partial charge in [0, 0.05) is 11.5 Å². The lowest BCUT2D eigenvalue weighted by molar-refractivity contribution is 0.729. The maximum Gasteiger partial charge on any atom is 0.0116 e. The van der Waals surface area contributed by atoms with Crippen LogP contribution in [0.2, 0.25) is 0 Å². The van der Waals surface area contributed by atoms with Gasteiger partial charge < -0.3 is 0 Å². The first kappa shape index (κ1) is 16.8. The standard InChI is InChI=1S/C16H30S/c1-3-5-7-9-11-13-15-17-16-14-12-10-8-6-4-2/h11-14H,3-10,15-16H2,1-2H3/b13-11+,14-12+. The highest BCUT2D eigenvalue weighted by atomic mass is 32.2. The fraction of sp³-hybridized carbons (Fsp3) is 0.750. The Hall–Kier alpha value is -0.170. The van der Waals surface area contributed by atoms with Crippen molar-refractivity contribution in [3.05, 3.63) is 24.3 Å². The largest absolute Gasteiger partial charge is 0.154 e. The van der Waals surface area contributed by atoms with Gasteiger partial charge in [-0.15, -0.1) is 0 Å². The third kappa shape index (κ3) is 15.8. The summed E-state index contributed by atoms with van der Waals surface area (Å²) in [7, 11) is 0. The predicted octanol–water partition coefficient (Wildman–Crippen LogP) is 5.99. The maximum atomic E-state index is 2.34. The van der Waals surface area contributed by atoms with Crippen molar-refractivity contribution in [1.82, 2.24) is 0 Å². The molecule has 0 aromatic rings. The predicted molar refractivity (Wildman–Crippen MR) is 83.9 cm³/mol. The highest BCUT2D eigenvalue weighted by Crippen LogP contribution is 2.05. The third-order valence-corrected chi connectivity index (χ3v) is 3.57. The third-order valence-electron chi connectivity index (χ3n) is 2.71. The second kappa shape index (κ2) is 15.8. The van der Waals surface area contributed by atoms with Gasteiger partial charge in [0.1, 0.15) is 0 Å². The zero-order valence-corrected chi connectivity index (χ0v) is 12.6. The van der Waals surface area contributed by atoms with E-state index in [9.17, 15) is 0 Å². The van der Waals surface area contributed by atoms with Crippen LogP contribution >= 0.6 is 11.8 Å². The molecule has 100 valence electrons. The van der Waals surface area contributed by atoms with Crippen LogP contribution in [0.1, 0.15) is 65.2 Å². The second-order valence-corrected chi connectivity index (χ2v) is 5.55. The molecule has 0 rings (SSSR count). The summed E-state index contributed by atoms with van der Waals surface area (Å²) in [5.41, 5.74) is 0. The van der Waals surface area contributed by atoms with Gasteiger partial charge in [-0.2, -0.15) is 11.8 Å². The molecule has 1 heteroatoms. The Balaban J connectivity index is 3.11. The van der Waals surface area contributed by atoms with E-state index in [1.54, 1.807) is 0 Å². The van der Waals surface area contributed by atoms with E-state index in [4.69, 9.17) is 0 Å². The molecule has 0 atom stereocenters. The number of hydrogen-bond acceptors (Lipinski definition) is 1. The molecule has 0 amide bonds. The van der Waals surface area contributed by atoms with E-state index < -0.39 is 0 Å². The van der Waals surface area contributed by atoms with Crippen molar-refractivity contribution < 1.29 is 0 Å². The summed E-state index contributed by atoms with van der Waals surface area (Å²) in [6.07, 6.45) is 20.0. The molecular formula is C16H30S. The van der Waals surface area contributed by atoms with Gasteiger partial charge in [0.2, 0.25) is 0 Å². The van der Waals surface area contributed by atoms with Crippen LogP contribution in [0.25, 0.3) is 0 Å². The maximum absolute atomic E-state index is 2.34. The van der Waals surface area contributed by atoms with Gasteiger partial charge in [-0.25, -0.2) is 0 Å². The molecule has 0 aliphatic rings. The first-order chi connectivity index (χ1) is 8.41. The van der Waals surface area contributed by atoms with Gasteiger partial charge in [-0.05, 0) is 25.7 Å². The molecule has 0 heterocycles. The van der Waals surface area contributed by atoms with Crippen LogP contribution in [0.3, 0.4) is 0 Å². The quantitative estimate of drug-likeness (QED) is 0.304. The van der Waals surface area contributed by atoms with Crippen molar-refractivity contribution in [3.63, 3.8) is 0 Å². The van der Waals surface area contributed by atoms with E-state index in [-0.39, 0.29) is 0 Å². The molecule has 0 radical (unpaired) electrons. The minimum atomic E-state index is 1.17. The van der Waals surface area contributed by atoms with Crippen LogP contribution in [0.15, 0.2) is 24.3 Å². The van der Waals surface area contributed by atoms with Crippen LogP contribution in [0.4, 0.5) is 0 Å². The number of unbranched alkanes of at least 4 members (excludes halogenated alkanes) is 6. The van der Waals surface area contributed by atoms with Gasteiger partial charge in [0.05, 0.1) is 0 Å². The minimum absolute atomic E-state index is 1.17. The van der Waals surface area contributed by atoms with Gasteiger partial charge in [0.15, 0.2) is 0 Å². The molecule has 0 unspecified atom stereocenters. The number of thioether (sulfide) groups is 1. The first-order valence-corrected chi connectivity index (χ1v) is 8.45. The van der Waals surface area contributed by atoms with E-state index in [2.05, 4.69) is 38.2 Å². The molecule has 0 nitrogen and oxygen atoms in total. The fourth-order valence-corrected chi connectivity index (χ4v) is 2.28. The van der Waals surface area contributed by atoms with Crippen molar-refractivity contribution in [1.29, 1.82) is 0 Å². The summed E-state index contributed by atoms with van der Waals surface area (Å²) in [6.45, 7) is 4.51. The van der Waals surface area contributed by atoms with Gasteiger partial charge >= 0.3 is 0 Å². The molecule has 0 saturated carbocycles. The summed E-state index contributed by atoms with van der Waals surface area (Å²) < 4.78 is 0. The van der Waals surface area contributed by atoms with Crippen LogP contribution < -0.4 is 0 Å². The highest BCUT2D eigenvalue weighted by molar-refractivity contribution is 7.99. The highest BCUT2D eigenvalue weighted by Gasteiger charge is 1.84. The van der Waals surface area contributed by atoms with Crippen LogP contribution in [0, 0.1) is 0 Å². The molecule has 0 bridgehead atoms. The van der Waals surface area contributed by atoms with Crippen molar-refractivity contribution >= 4 is 11.8 Å². The molecule has 0 saturated heterocycles. The lowest BCUT2D eigenvalue weighted by Gasteiger charge is -1.94. The fourth-order valence-electron chi connectivity index (χ4n) is 1.60. The molecular weight excluding hydrogens is 224 g/mol. The van der Waals surface area contributed by atoms with E-state index in [1.807, 2.05) is 11.8 Å². The molecule has 0 aromatic heterocycles. The lowest BCUT2D eigenvalue weighted by Crippen LogP contribution is -1.77. The van der Waals surface area contributed by atoms with E-state index in [0.29, 0.717) is 0 Å². The molecule has 0 N–H and O–H groups in total. The Morgan fingerprint density at radius 1 is 0.647 bits per heavy atom. The summed E-state index contributed by atoms with van der Waals surface area (Å²) in [4.78, 5) is 0. The minimum Gasteiger partial charge on any atom is -0.154 e. The van der Waals surface area contributed by atoms with Crippen molar-refractivity contribution in [2.75, 3.05) is 11.5 Å². The summed E-state index contributed by atoms with van der Waals surface area (Å²) in [5, 5.41) is 0. The molecule has 0 aromatic carbocycles. The monoisotopic (exact) mass is 254 g/mol. The van der Waals surface area contributed by atoms with Crippen molar-refractivity contribution in [3.8, 4) is 0 Å². The number of rotatable bonds is 12. The molecule has 0 fully saturated rings. The van der Waals surface area contributed by atoms with E-state index in [1.165, 1.54) is 62.9 Å². The topological polar surface area (TPSA) is 0 Å². The second-order valence-electron chi connectivity index (χ2n) is 4.47. The normalized spacial score (nSPS) is 11.9. The van der Waals surface area contributed by atoms with Gasteiger partial charge in [-0.1, -0.05) is 63.8 Å². The zero-order chi connectivity index (χ0) is 12.6. The first-order valence-electron chi connectivity index (χ1n) is 7.29. The van der Waals surface area contributed by atoms with Crippen LogP contribution in [-0.2, 0) is 0 Å². The van der Waals surface area contributed by atoms with Crippen LogP contribution in [-0.4, -0.2) is 11.5 Å². The average molecular weight is 254 g/mol. The Morgan fingerprint density at radius 2 is 1.12 bits per heavy atom. The van der Waals surface area contributed by atoms with Gasteiger partial charge in [0.25, 0.3) is 0 Å². The smallest absolute Gasteiger partial charge is 0.0116 e. The molecule has 0 spiro atoms.